The van der Waals surface area contributed by atoms with Gasteiger partial charge in [-0.2, -0.15) is 0 Å². The summed E-state index contributed by atoms with van der Waals surface area (Å²) >= 11 is 0. The van der Waals surface area contributed by atoms with Crippen molar-refractivity contribution in [2.75, 3.05) is 27.2 Å². The molecule has 1 fully saturated rings. The number of urea groups is 1. The predicted molar refractivity (Wildman–Crippen MR) is 257 cm³/mol. The highest BCUT2D eigenvalue weighted by molar-refractivity contribution is 5.75. The van der Waals surface area contributed by atoms with Crippen molar-refractivity contribution in [3.8, 4) is 0 Å². The Morgan fingerprint density at radius 3 is 1.11 bits per heavy atom. The van der Waals surface area contributed by atoms with Crippen LogP contribution in [0.5, 0.6) is 0 Å². The second-order valence-electron chi connectivity index (χ2n) is 15.2. The Morgan fingerprint density at radius 1 is 0.438 bits per heavy atom. The molecule has 0 bridgehead atoms. The third kappa shape index (κ3) is 25.7. The lowest BCUT2D eigenvalue weighted by atomic mass is 10.2. The van der Waals surface area contributed by atoms with Gasteiger partial charge >= 0.3 is 11.7 Å². The summed E-state index contributed by atoms with van der Waals surface area (Å²) in [5.41, 5.74) is 10.3. The maximum absolute atomic E-state index is 10.8. The van der Waals surface area contributed by atoms with E-state index in [9.17, 15) is 9.59 Å². The van der Waals surface area contributed by atoms with Gasteiger partial charge in [0, 0.05) is 90.4 Å². The zero-order chi connectivity index (χ0) is 48.2. The van der Waals surface area contributed by atoms with Crippen LogP contribution in [-0.4, -0.2) is 97.0 Å². The summed E-state index contributed by atoms with van der Waals surface area (Å²) in [6.07, 6.45) is 13.7. The standard InChI is InChI=1S/2C8H10.3C6H8N2.C5H7N3.C5H10N2O.C5H8N2O/c1-7-3-5-8(2)6-4-7;1-7-4-3-5-8(2)6-7;1-5-3-8-6(2)4-7-5;1-5-3-7-4-6(2)8-5;1-5-3-4-7-6(2)8-5;1-4-6-3-7-5(2)8-4;2*1-6-3-4-7(2)5(6)8/h2*3-6H,1-2H3;3*3-4H,1-2H3;3H,1-2H3;3-4H2,1-2H3;3-4H,1-2H3. The zero-order valence-corrected chi connectivity index (χ0v) is 40.9. The lowest BCUT2D eigenvalue weighted by molar-refractivity contribution is 0.205. The van der Waals surface area contributed by atoms with Crippen molar-refractivity contribution in [2.24, 2.45) is 14.1 Å². The van der Waals surface area contributed by atoms with Crippen molar-refractivity contribution in [1.29, 1.82) is 0 Å². The van der Waals surface area contributed by atoms with Crippen LogP contribution >= 0.6 is 0 Å². The first-order chi connectivity index (χ1) is 30.2. The molecule has 0 atom stereocenters. The molecule has 342 valence electrons. The van der Waals surface area contributed by atoms with E-state index in [-0.39, 0.29) is 11.7 Å². The average molecular weight is 872 g/mol. The van der Waals surface area contributed by atoms with E-state index in [1.54, 1.807) is 67.3 Å². The molecule has 1 aliphatic rings. The first kappa shape index (κ1) is 55.0. The fraction of sp³-hybridized carbons (Fsp3) is 0.367. The molecular weight excluding hydrogens is 803 g/mol. The van der Waals surface area contributed by atoms with Crippen LogP contribution in [0.4, 0.5) is 4.79 Å². The highest BCUT2D eigenvalue weighted by Crippen LogP contribution is 2.02. The molecule has 15 heteroatoms. The minimum Gasteiger partial charge on any atom is -0.326 e. The van der Waals surface area contributed by atoms with Crippen LogP contribution in [0.25, 0.3) is 0 Å². The normalized spacial score (nSPS) is 10.7. The van der Waals surface area contributed by atoms with Gasteiger partial charge in [0.25, 0.3) is 0 Å². The molecule has 1 aliphatic heterocycles. The first-order valence-electron chi connectivity index (χ1n) is 20.8. The number of benzene rings is 2. The predicted octanol–water partition coefficient (Wildman–Crippen LogP) is 8.08. The summed E-state index contributed by atoms with van der Waals surface area (Å²) in [7, 11) is 7.07. The molecule has 0 spiro atoms. The van der Waals surface area contributed by atoms with E-state index in [4.69, 9.17) is 0 Å². The van der Waals surface area contributed by atoms with Crippen LogP contribution in [0.2, 0.25) is 0 Å². The molecule has 6 heterocycles. The van der Waals surface area contributed by atoms with Crippen LogP contribution in [0.3, 0.4) is 0 Å². The Balaban J connectivity index is 0.000000366. The quantitative estimate of drug-likeness (QED) is 0.145. The van der Waals surface area contributed by atoms with Crippen molar-refractivity contribution in [3.05, 3.63) is 183 Å². The number of amides is 2. The van der Waals surface area contributed by atoms with Crippen molar-refractivity contribution < 1.29 is 4.79 Å². The van der Waals surface area contributed by atoms with Gasteiger partial charge in [0.2, 0.25) is 0 Å². The molecule has 15 nitrogen and oxygen atoms in total. The van der Waals surface area contributed by atoms with Crippen molar-refractivity contribution in [2.45, 2.75) is 83.1 Å². The Hall–Kier alpha value is -7.03. The van der Waals surface area contributed by atoms with Gasteiger partial charge < -0.3 is 18.9 Å². The van der Waals surface area contributed by atoms with Crippen LogP contribution in [0, 0.1) is 83.1 Å². The number of imidazole rings is 1. The Morgan fingerprint density at radius 2 is 0.875 bits per heavy atom. The third-order valence-corrected chi connectivity index (χ3v) is 8.45. The van der Waals surface area contributed by atoms with E-state index in [1.165, 1.54) is 37.7 Å². The molecular formula is C49H69N13O2. The minimum atomic E-state index is 0.0185. The Labute approximate surface area is 380 Å². The molecule has 7 aromatic rings. The largest absolute Gasteiger partial charge is 0.327 e. The highest BCUT2D eigenvalue weighted by Gasteiger charge is 2.20. The van der Waals surface area contributed by atoms with Gasteiger partial charge in [0.15, 0.2) is 0 Å². The number of aromatic nitrogens is 11. The van der Waals surface area contributed by atoms with E-state index in [2.05, 4.69) is 121 Å². The van der Waals surface area contributed by atoms with Crippen molar-refractivity contribution in [3.63, 3.8) is 0 Å². The fourth-order valence-electron chi connectivity index (χ4n) is 4.91. The van der Waals surface area contributed by atoms with Gasteiger partial charge in [-0.05, 0) is 89.2 Å². The first-order valence-corrected chi connectivity index (χ1v) is 20.8. The van der Waals surface area contributed by atoms with Gasteiger partial charge in [-0.3, -0.25) is 19.9 Å². The summed E-state index contributed by atoms with van der Waals surface area (Å²) in [6, 6.07) is 18.9. The van der Waals surface area contributed by atoms with E-state index < -0.39 is 0 Å². The summed E-state index contributed by atoms with van der Waals surface area (Å²) in [4.78, 5) is 60.5. The third-order valence-electron chi connectivity index (χ3n) is 8.45. The summed E-state index contributed by atoms with van der Waals surface area (Å²) in [5.74, 6) is 2.39. The van der Waals surface area contributed by atoms with Gasteiger partial charge in [-0.1, -0.05) is 70.8 Å². The monoisotopic (exact) mass is 872 g/mol. The molecule has 0 aliphatic carbocycles. The second kappa shape index (κ2) is 30.1. The summed E-state index contributed by atoms with van der Waals surface area (Å²) in [6.45, 7) is 25.4. The van der Waals surface area contributed by atoms with Crippen LogP contribution in [0.1, 0.15) is 68.2 Å². The smallest absolute Gasteiger partial charge is 0.326 e. The molecule has 0 saturated carbocycles. The van der Waals surface area contributed by atoms with Gasteiger partial charge in [-0.15, -0.1) is 0 Å². The molecule has 0 radical (unpaired) electrons. The van der Waals surface area contributed by atoms with Gasteiger partial charge in [0.05, 0.1) is 22.8 Å². The summed E-state index contributed by atoms with van der Waals surface area (Å²) in [5, 5.41) is 0. The maximum Gasteiger partial charge on any atom is 0.327 e. The molecule has 5 aromatic heterocycles. The van der Waals surface area contributed by atoms with Crippen LogP contribution in [0.15, 0.2) is 109 Å². The number of rotatable bonds is 0. The Bertz CT molecular complexity index is 2070. The average Bonchev–Trinajstić information content (AvgIpc) is 3.70. The van der Waals surface area contributed by atoms with E-state index in [0.717, 1.165) is 59.0 Å². The lowest BCUT2D eigenvalue weighted by Crippen LogP contribution is -2.25. The van der Waals surface area contributed by atoms with Crippen LogP contribution in [-0.2, 0) is 14.1 Å². The van der Waals surface area contributed by atoms with Crippen LogP contribution < -0.4 is 5.69 Å². The molecule has 2 amide bonds. The second-order valence-corrected chi connectivity index (χ2v) is 15.2. The number of carbonyl (C=O) groups is 1. The highest BCUT2D eigenvalue weighted by atomic mass is 16.2. The number of aryl methyl sites for hydroxylation is 14. The fourth-order valence-corrected chi connectivity index (χ4v) is 4.91. The number of carbonyl (C=O) groups excluding carboxylic acids is 1. The van der Waals surface area contributed by atoms with Crippen molar-refractivity contribution in [1.82, 2.24) is 63.8 Å². The van der Waals surface area contributed by atoms with Gasteiger partial charge in [-0.25, -0.2) is 34.5 Å². The molecule has 2 aromatic carbocycles. The summed E-state index contributed by atoms with van der Waals surface area (Å²) < 4.78 is 3.06. The van der Waals surface area contributed by atoms with E-state index >= 15 is 0 Å². The maximum atomic E-state index is 10.8. The molecule has 0 unspecified atom stereocenters. The van der Waals surface area contributed by atoms with E-state index in [1.807, 2.05) is 75.6 Å². The van der Waals surface area contributed by atoms with Gasteiger partial charge in [0.1, 0.15) is 23.8 Å². The number of hydrogen-bond acceptors (Lipinski definition) is 11. The SMILES string of the molecule is CN1CCN(C)C1=O.Cc1ccc(C)cc1.Cc1cccc(C)c1.Cc1ccnc(C)n1.Cc1cnc(C)cn1.Cc1cncc(C)n1.Cc1ncnc(C)n1.Cn1ccn(C)c1=O. The number of hydrogen-bond donors (Lipinski definition) is 0. The molecule has 0 N–H and O–H groups in total. The number of likely N-dealkylation sites (N-methyl/N-ethyl adjacent to an activating group) is 2. The number of nitrogens with zero attached hydrogens (tertiary/aromatic N) is 13. The zero-order valence-electron chi connectivity index (χ0n) is 40.9. The van der Waals surface area contributed by atoms with E-state index in [0.29, 0.717) is 0 Å². The molecule has 1 saturated heterocycles. The molecule has 64 heavy (non-hydrogen) atoms. The topological polar surface area (TPSA) is 166 Å². The molecule has 8 rings (SSSR count). The minimum absolute atomic E-state index is 0.0185. The van der Waals surface area contributed by atoms with Crippen molar-refractivity contribution >= 4 is 6.03 Å². The Kier molecular flexibility index (Phi) is 25.9. The lowest BCUT2D eigenvalue weighted by Gasteiger charge is -2.07.